The Morgan fingerprint density at radius 1 is 0.818 bits per heavy atom. The molecular formula is C21H19Br. The summed E-state index contributed by atoms with van der Waals surface area (Å²) in [5.74, 6) is 1.08. The molecule has 4 rings (SSSR count). The average Bonchev–Trinajstić information content (AvgIpc) is 2.99. The molecule has 2 unspecified atom stereocenters. The predicted octanol–water partition coefficient (Wildman–Crippen LogP) is 6.54. The highest BCUT2D eigenvalue weighted by molar-refractivity contribution is 9.10. The lowest BCUT2D eigenvalue weighted by molar-refractivity contribution is 0.642. The van der Waals surface area contributed by atoms with Crippen LogP contribution in [-0.4, -0.2) is 0 Å². The minimum atomic E-state index is 0.534. The SMILES string of the molecule is CC1=Cc2ccccc2C1CC1C(C)=Cc2c(Br)cccc21. The normalized spacial score (nSPS) is 22.1. The van der Waals surface area contributed by atoms with E-state index in [0.717, 1.165) is 0 Å². The Kier molecular flexibility index (Phi) is 3.34. The lowest BCUT2D eigenvalue weighted by atomic mass is 9.82. The third-order valence-electron chi connectivity index (χ3n) is 5.16. The zero-order valence-corrected chi connectivity index (χ0v) is 14.5. The molecule has 0 bridgehead atoms. The van der Waals surface area contributed by atoms with Crippen LogP contribution in [0, 0.1) is 0 Å². The molecule has 0 heterocycles. The van der Waals surface area contributed by atoms with Crippen molar-refractivity contribution in [2.24, 2.45) is 0 Å². The summed E-state index contributed by atoms with van der Waals surface area (Å²) in [6.07, 6.45) is 5.88. The van der Waals surface area contributed by atoms with Crippen molar-refractivity contribution in [1.29, 1.82) is 0 Å². The largest absolute Gasteiger partial charge is 0.0652 e. The van der Waals surface area contributed by atoms with E-state index in [-0.39, 0.29) is 0 Å². The minimum Gasteiger partial charge on any atom is -0.0652 e. The molecule has 2 atom stereocenters. The summed E-state index contributed by atoms with van der Waals surface area (Å²) < 4.78 is 1.21. The molecule has 0 saturated heterocycles. The Morgan fingerprint density at radius 3 is 2.36 bits per heavy atom. The van der Waals surface area contributed by atoms with Gasteiger partial charge >= 0.3 is 0 Å². The molecule has 0 radical (unpaired) electrons. The third kappa shape index (κ3) is 2.11. The maximum atomic E-state index is 3.70. The molecule has 0 amide bonds. The highest BCUT2D eigenvalue weighted by Gasteiger charge is 2.30. The zero-order chi connectivity index (χ0) is 15.3. The number of hydrogen-bond donors (Lipinski definition) is 0. The molecule has 2 aliphatic rings. The second-order valence-corrected chi connectivity index (χ2v) is 7.34. The van der Waals surface area contributed by atoms with Crippen molar-refractivity contribution >= 4 is 28.1 Å². The molecule has 0 aliphatic heterocycles. The fraction of sp³-hybridized carbons (Fsp3) is 0.238. The van der Waals surface area contributed by atoms with Crippen LogP contribution in [-0.2, 0) is 0 Å². The van der Waals surface area contributed by atoms with Crippen molar-refractivity contribution in [3.8, 4) is 0 Å². The Labute approximate surface area is 140 Å². The van der Waals surface area contributed by atoms with Gasteiger partial charge < -0.3 is 0 Å². The standard InChI is InChI=1S/C21H19Br/c1-13-10-15-6-3-4-7-16(15)18(13)12-19-14(2)11-20-17(19)8-5-9-21(20)22/h3-11,18-19H,12H2,1-2H3. The van der Waals surface area contributed by atoms with Crippen molar-refractivity contribution in [3.05, 3.63) is 80.3 Å². The van der Waals surface area contributed by atoms with Gasteiger partial charge in [0.05, 0.1) is 0 Å². The van der Waals surface area contributed by atoms with E-state index < -0.39 is 0 Å². The van der Waals surface area contributed by atoms with Crippen LogP contribution in [0.25, 0.3) is 12.2 Å². The Balaban J connectivity index is 1.71. The monoisotopic (exact) mass is 350 g/mol. The molecule has 2 aliphatic carbocycles. The van der Waals surface area contributed by atoms with Gasteiger partial charge in [-0.25, -0.2) is 0 Å². The quantitative estimate of drug-likeness (QED) is 0.576. The van der Waals surface area contributed by atoms with E-state index >= 15 is 0 Å². The number of halogens is 1. The van der Waals surface area contributed by atoms with Gasteiger partial charge in [-0.2, -0.15) is 0 Å². The highest BCUT2D eigenvalue weighted by atomic mass is 79.9. The van der Waals surface area contributed by atoms with Crippen LogP contribution in [0.4, 0.5) is 0 Å². The topological polar surface area (TPSA) is 0 Å². The molecule has 22 heavy (non-hydrogen) atoms. The molecule has 0 nitrogen and oxygen atoms in total. The predicted molar refractivity (Wildman–Crippen MR) is 98.0 cm³/mol. The first-order valence-corrected chi connectivity index (χ1v) is 8.68. The maximum Gasteiger partial charge on any atom is 0.0250 e. The van der Waals surface area contributed by atoms with Crippen molar-refractivity contribution in [2.75, 3.05) is 0 Å². The first-order valence-electron chi connectivity index (χ1n) is 7.89. The molecule has 1 heteroatoms. The first kappa shape index (κ1) is 14.0. The molecule has 2 aromatic rings. The van der Waals surface area contributed by atoms with Crippen LogP contribution >= 0.6 is 15.9 Å². The summed E-state index contributed by atoms with van der Waals surface area (Å²) in [6, 6.07) is 15.4. The van der Waals surface area contributed by atoms with Gasteiger partial charge in [-0.05, 0) is 48.6 Å². The van der Waals surface area contributed by atoms with Gasteiger partial charge in [0, 0.05) is 16.3 Å². The van der Waals surface area contributed by atoms with Gasteiger partial charge in [-0.15, -0.1) is 0 Å². The van der Waals surface area contributed by atoms with Crippen LogP contribution in [0.3, 0.4) is 0 Å². The molecule has 0 aromatic heterocycles. The van der Waals surface area contributed by atoms with Crippen molar-refractivity contribution in [1.82, 2.24) is 0 Å². The van der Waals surface area contributed by atoms with E-state index in [1.807, 2.05) is 0 Å². The van der Waals surface area contributed by atoms with Crippen molar-refractivity contribution in [3.63, 3.8) is 0 Å². The summed E-state index contributed by atoms with van der Waals surface area (Å²) in [5.41, 5.74) is 8.73. The first-order chi connectivity index (χ1) is 10.6. The summed E-state index contributed by atoms with van der Waals surface area (Å²) in [4.78, 5) is 0. The summed E-state index contributed by atoms with van der Waals surface area (Å²) in [5, 5.41) is 0. The molecule has 0 fully saturated rings. The average molecular weight is 351 g/mol. The lowest BCUT2D eigenvalue weighted by Crippen LogP contribution is -2.06. The van der Waals surface area contributed by atoms with Crippen LogP contribution in [0.2, 0.25) is 0 Å². The van der Waals surface area contributed by atoms with E-state index in [1.165, 1.54) is 44.3 Å². The van der Waals surface area contributed by atoms with Gasteiger partial charge in [0.25, 0.3) is 0 Å². The maximum absolute atomic E-state index is 3.70. The highest BCUT2D eigenvalue weighted by Crippen LogP contribution is 2.48. The second-order valence-electron chi connectivity index (χ2n) is 6.49. The van der Waals surface area contributed by atoms with Crippen molar-refractivity contribution < 1.29 is 0 Å². The van der Waals surface area contributed by atoms with Crippen molar-refractivity contribution in [2.45, 2.75) is 32.1 Å². The molecule has 0 N–H and O–H groups in total. The van der Waals surface area contributed by atoms with E-state index in [9.17, 15) is 0 Å². The lowest BCUT2D eigenvalue weighted by Gasteiger charge is -2.22. The fourth-order valence-corrected chi connectivity index (χ4v) is 4.49. The van der Waals surface area contributed by atoms with Crippen LogP contribution < -0.4 is 0 Å². The fourth-order valence-electron chi connectivity index (χ4n) is 4.00. The Bertz CT molecular complexity index is 810. The number of hydrogen-bond acceptors (Lipinski definition) is 0. The summed E-state index contributed by atoms with van der Waals surface area (Å²) in [6.45, 7) is 4.55. The molecular weight excluding hydrogens is 332 g/mol. The van der Waals surface area contributed by atoms with E-state index in [1.54, 1.807) is 0 Å². The minimum absolute atomic E-state index is 0.534. The Morgan fingerprint density at radius 2 is 1.50 bits per heavy atom. The van der Waals surface area contributed by atoms with Crippen LogP contribution in [0.1, 0.15) is 54.4 Å². The number of allylic oxidation sites excluding steroid dienone is 2. The molecule has 110 valence electrons. The molecule has 0 saturated carbocycles. The van der Waals surface area contributed by atoms with Gasteiger partial charge in [0.15, 0.2) is 0 Å². The van der Waals surface area contributed by atoms with E-state index in [2.05, 4.69) is 84.4 Å². The summed E-state index contributed by atoms with van der Waals surface area (Å²) in [7, 11) is 0. The summed E-state index contributed by atoms with van der Waals surface area (Å²) >= 11 is 3.70. The van der Waals surface area contributed by atoms with Crippen LogP contribution in [0.5, 0.6) is 0 Å². The van der Waals surface area contributed by atoms with Crippen LogP contribution in [0.15, 0.2) is 58.1 Å². The molecule has 0 spiro atoms. The van der Waals surface area contributed by atoms with E-state index in [0.29, 0.717) is 11.8 Å². The van der Waals surface area contributed by atoms with Gasteiger partial charge in [0.1, 0.15) is 0 Å². The molecule has 2 aromatic carbocycles. The second kappa shape index (κ2) is 5.24. The van der Waals surface area contributed by atoms with Gasteiger partial charge in [-0.3, -0.25) is 0 Å². The number of benzene rings is 2. The van der Waals surface area contributed by atoms with Gasteiger partial charge in [0.2, 0.25) is 0 Å². The smallest absolute Gasteiger partial charge is 0.0250 e. The number of rotatable bonds is 2. The van der Waals surface area contributed by atoms with E-state index in [4.69, 9.17) is 0 Å². The zero-order valence-electron chi connectivity index (χ0n) is 12.9. The Hall–Kier alpha value is -1.60. The number of fused-ring (bicyclic) bond motifs is 2. The third-order valence-corrected chi connectivity index (χ3v) is 5.85. The van der Waals surface area contributed by atoms with Gasteiger partial charge in [-0.1, -0.05) is 75.6 Å².